The van der Waals surface area contributed by atoms with E-state index < -0.39 is 124 Å². The maximum absolute atomic E-state index is 13.5. The summed E-state index contributed by atoms with van der Waals surface area (Å²) < 4.78 is 34.6. The molecule has 12 N–H and O–H groups in total. The third-order valence-corrected chi connectivity index (χ3v) is 21.7. The molecular formula is C81H157NO18. The first kappa shape index (κ1) is 93.0. The molecule has 0 radical (unpaired) electrons. The van der Waals surface area contributed by atoms with Crippen molar-refractivity contribution in [3.8, 4) is 0 Å². The number of amides is 1. The van der Waals surface area contributed by atoms with E-state index in [1.165, 1.54) is 302 Å². The Kier molecular flexibility index (Phi) is 58.4. The first-order valence-electron chi connectivity index (χ1n) is 42.3. The van der Waals surface area contributed by atoms with Crippen LogP contribution in [0.1, 0.15) is 380 Å². The Bertz CT molecular complexity index is 1810. The Morgan fingerprint density at radius 3 is 0.870 bits per heavy atom. The molecule has 19 nitrogen and oxygen atoms in total. The molecule has 0 spiro atoms. The standard InChI is InChI=1S/C81H157NO18/c1-3-5-7-9-11-13-15-17-19-21-23-25-27-29-31-32-33-34-36-38-40-42-44-46-48-50-52-54-56-58-65(86)64(82-69(87)59-57-55-53-51-49-47-45-43-41-39-37-35-30-28-26-24-22-20-18-16-14-12-10-8-6-4-2)63-95-79-75(93)72(90)77(67(61-84)97-79)100-81-76(94)73(91)78(68(62-85)98-81)99-80-74(92)71(89)70(88)66(60-83)96-80/h64-68,70-81,83-86,88-94H,3-63H2,1-2H3,(H,82,87). The lowest BCUT2D eigenvalue weighted by molar-refractivity contribution is -0.379. The van der Waals surface area contributed by atoms with Gasteiger partial charge in [-0.15, -0.1) is 0 Å². The van der Waals surface area contributed by atoms with Crippen molar-refractivity contribution in [3.63, 3.8) is 0 Å². The van der Waals surface area contributed by atoms with E-state index in [9.17, 15) is 61.0 Å². The second-order valence-corrected chi connectivity index (χ2v) is 30.7. The van der Waals surface area contributed by atoms with Crippen molar-refractivity contribution in [2.45, 2.75) is 484 Å². The van der Waals surface area contributed by atoms with Crippen LogP contribution >= 0.6 is 0 Å². The van der Waals surface area contributed by atoms with Crippen LogP contribution in [0.5, 0.6) is 0 Å². The van der Waals surface area contributed by atoms with Crippen LogP contribution in [-0.4, -0.2) is 193 Å². The molecule has 3 aliphatic heterocycles. The third kappa shape index (κ3) is 42.4. The second kappa shape index (κ2) is 62.8. The molecule has 0 saturated carbocycles. The molecule has 17 atom stereocenters. The van der Waals surface area contributed by atoms with Gasteiger partial charge in [-0.05, 0) is 12.8 Å². The Morgan fingerprint density at radius 1 is 0.320 bits per heavy atom. The first-order chi connectivity index (χ1) is 48.8. The van der Waals surface area contributed by atoms with Crippen LogP contribution < -0.4 is 5.32 Å². The number of hydrogen-bond acceptors (Lipinski definition) is 18. The molecule has 100 heavy (non-hydrogen) atoms. The van der Waals surface area contributed by atoms with Gasteiger partial charge >= 0.3 is 0 Å². The molecule has 17 unspecified atom stereocenters. The van der Waals surface area contributed by atoms with Crippen molar-refractivity contribution in [1.82, 2.24) is 5.32 Å². The van der Waals surface area contributed by atoms with Gasteiger partial charge in [0, 0.05) is 6.42 Å². The average molecular weight is 1430 g/mol. The number of aliphatic hydroxyl groups is 11. The van der Waals surface area contributed by atoms with E-state index in [0.717, 1.165) is 44.9 Å². The van der Waals surface area contributed by atoms with Crippen LogP contribution in [0.25, 0.3) is 0 Å². The Morgan fingerprint density at radius 2 is 0.570 bits per heavy atom. The Hall–Kier alpha value is -1.21. The number of hydrogen-bond donors (Lipinski definition) is 12. The molecule has 594 valence electrons. The van der Waals surface area contributed by atoms with Crippen molar-refractivity contribution < 1.29 is 89.4 Å². The largest absolute Gasteiger partial charge is 0.394 e. The first-order valence-corrected chi connectivity index (χ1v) is 42.3. The molecule has 3 aliphatic rings. The molecule has 0 aromatic carbocycles. The summed E-state index contributed by atoms with van der Waals surface area (Å²) in [6, 6.07) is -0.884. The van der Waals surface area contributed by atoms with Crippen LogP contribution in [0, 0.1) is 0 Å². The fourth-order valence-electron chi connectivity index (χ4n) is 14.9. The molecule has 0 aromatic rings. The fourth-order valence-corrected chi connectivity index (χ4v) is 14.9. The summed E-state index contributed by atoms with van der Waals surface area (Å²) in [6.45, 7) is 1.88. The number of carbonyl (C=O) groups is 1. The van der Waals surface area contributed by atoms with Gasteiger partial charge in [-0.2, -0.15) is 0 Å². The molecule has 3 fully saturated rings. The monoisotopic (exact) mass is 1430 g/mol. The molecule has 3 rings (SSSR count). The third-order valence-electron chi connectivity index (χ3n) is 21.7. The number of unbranched alkanes of at least 4 members (excludes halogenated alkanes) is 53. The normalized spacial score (nSPS) is 26.4. The summed E-state index contributed by atoms with van der Waals surface area (Å²) in [5, 5.41) is 121. The van der Waals surface area contributed by atoms with Gasteiger partial charge in [0.05, 0.1) is 38.6 Å². The quantitative estimate of drug-likeness (QED) is 0.0252. The van der Waals surface area contributed by atoms with Gasteiger partial charge in [-0.25, -0.2) is 0 Å². The summed E-state index contributed by atoms with van der Waals surface area (Å²) in [5.74, 6) is -0.232. The van der Waals surface area contributed by atoms with Crippen LogP contribution in [0.4, 0.5) is 0 Å². The summed E-state index contributed by atoms with van der Waals surface area (Å²) >= 11 is 0. The highest BCUT2D eigenvalue weighted by Crippen LogP contribution is 2.34. The van der Waals surface area contributed by atoms with Gasteiger partial charge in [0.1, 0.15) is 73.2 Å². The van der Waals surface area contributed by atoms with E-state index in [-0.39, 0.29) is 18.9 Å². The van der Waals surface area contributed by atoms with Gasteiger partial charge in [-0.1, -0.05) is 361 Å². The van der Waals surface area contributed by atoms with E-state index in [0.29, 0.717) is 12.8 Å². The van der Waals surface area contributed by atoms with Crippen LogP contribution in [0.3, 0.4) is 0 Å². The number of carbonyl (C=O) groups excluding carboxylic acids is 1. The topological polar surface area (TPSA) is 307 Å². The van der Waals surface area contributed by atoms with E-state index >= 15 is 0 Å². The number of ether oxygens (including phenoxy) is 6. The van der Waals surface area contributed by atoms with Gasteiger partial charge < -0.3 is 89.9 Å². The van der Waals surface area contributed by atoms with E-state index in [2.05, 4.69) is 19.2 Å². The van der Waals surface area contributed by atoms with E-state index in [1.807, 2.05) is 0 Å². The van der Waals surface area contributed by atoms with Crippen LogP contribution in [0.2, 0.25) is 0 Å². The highest BCUT2D eigenvalue weighted by atomic mass is 16.8. The molecule has 19 heteroatoms. The van der Waals surface area contributed by atoms with E-state index in [1.54, 1.807) is 0 Å². The SMILES string of the molecule is CCCCCCCCCCCCCCCCCCCCCCCCCCCCCCCC(O)C(COC1OC(CO)C(OC2OC(CO)C(OC3OC(CO)C(O)C(O)C3O)C(O)C2O)C(O)C1O)NC(=O)CCCCCCCCCCCCCCCCCCCCCCCCCCCC. The molecule has 1 amide bonds. The van der Waals surface area contributed by atoms with Crippen molar-refractivity contribution in [2.75, 3.05) is 26.4 Å². The van der Waals surface area contributed by atoms with Gasteiger partial charge in [0.2, 0.25) is 5.91 Å². The van der Waals surface area contributed by atoms with Gasteiger partial charge in [-0.3, -0.25) is 4.79 Å². The van der Waals surface area contributed by atoms with Crippen LogP contribution in [-0.2, 0) is 33.2 Å². The Labute approximate surface area is 608 Å². The zero-order valence-corrected chi connectivity index (χ0v) is 63.7. The van der Waals surface area contributed by atoms with Gasteiger partial charge in [0.15, 0.2) is 18.9 Å². The van der Waals surface area contributed by atoms with Crippen molar-refractivity contribution in [1.29, 1.82) is 0 Å². The number of nitrogens with one attached hydrogen (secondary N) is 1. The predicted molar refractivity (Wildman–Crippen MR) is 397 cm³/mol. The molecule has 0 aromatic heterocycles. The van der Waals surface area contributed by atoms with Crippen molar-refractivity contribution in [2.24, 2.45) is 0 Å². The molecule has 3 saturated heterocycles. The smallest absolute Gasteiger partial charge is 0.220 e. The predicted octanol–water partition coefficient (Wildman–Crippen LogP) is 14.6. The summed E-state index contributed by atoms with van der Waals surface area (Å²) in [5.41, 5.74) is 0. The summed E-state index contributed by atoms with van der Waals surface area (Å²) in [6.07, 6.45) is 46.3. The maximum Gasteiger partial charge on any atom is 0.220 e. The molecule has 0 aliphatic carbocycles. The minimum atomic E-state index is -1.97. The lowest BCUT2D eigenvalue weighted by Gasteiger charge is -2.48. The van der Waals surface area contributed by atoms with E-state index in [4.69, 9.17) is 28.4 Å². The number of aliphatic hydroxyl groups excluding tert-OH is 11. The maximum atomic E-state index is 13.5. The van der Waals surface area contributed by atoms with Crippen molar-refractivity contribution >= 4 is 5.91 Å². The summed E-state index contributed by atoms with van der Waals surface area (Å²) in [7, 11) is 0. The molecular weight excluding hydrogens is 1270 g/mol. The lowest BCUT2D eigenvalue weighted by atomic mass is 9.96. The Balaban J connectivity index is 1.35. The number of rotatable bonds is 69. The van der Waals surface area contributed by atoms with Crippen molar-refractivity contribution in [3.05, 3.63) is 0 Å². The highest BCUT2D eigenvalue weighted by molar-refractivity contribution is 5.76. The second-order valence-electron chi connectivity index (χ2n) is 30.7. The zero-order valence-electron chi connectivity index (χ0n) is 63.7. The lowest BCUT2D eigenvalue weighted by Crippen LogP contribution is -2.66. The minimum absolute atomic E-state index is 0.232. The average Bonchev–Trinajstić information content (AvgIpc) is 0.783. The summed E-state index contributed by atoms with van der Waals surface area (Å²) in [4.78, 5) is 13.5. The minimum Gasteiger partial charge on any atom is -0.394 e. The molecule has 3 heterocycles. The van der Waals surface area contributed by atoms with Gasteiger partial charge in [0.25, 0.3) is 0 Å². The molecule has 0 bridgehead atoms. The van der Waals surface area contributed by atoms with Crippen LogP contribution in [0.15, 0.2) is 0 Å². The zero-order chi connectivity index (χ0) is 72.5. The fraction of sp³-hybridized carbons (Fsp3) is 0.988. The highest BCUT2D eigenvalue weighted by Gasteiger charge is 2.54.